The molecule has 1 aromatic carbocycles. The van der Waals surface area contributed by atoms with Crippen molar-refractivity contribution in [2.45, 2.75) is 25.8 Å². The molecule has 0 aliphatic carbocycles. The molecule has 0 saturated carbocycles. The minimum Gasteiger partial charge on any atom is -0.494 e. The van der Waals surface area contributed by atoms with Crippen molar-refractivity contribution >= 4 is 37.8 Å². The van der Waals surface area contributed by atoms with Crippen LogP contribution in [0.2, 0.25) is 0 Å². The van der Waals surface area contributed by atoms with E-state index >= 15 is 0 Å². The first-order valence-corrected chi connectivity index (χ1v) is 8.46. The van der Waals surface area contributed by atoms with Gasteiger partial charge in [-0.2, -0.15) is 0 Å². The topological polar surface area (TPSA) is 38.3 Å². The number of hydrogen-bond acceptors (Lipinski definition) is 2. The normalized spacial score (nSPS) is 11.2. The Morgan fingerprint density at radius 2 is 2.05 bits per heavy atom. The fraction of sp³-hybridized carbons (Fsp3) is 0.500. The van der Waals surface area contributed by atoms with Gasteiger partial charge in [0.25, 0.3) is 5.91 Å². The molecule has 1 aromatic rings. The van der Waals surface area contributed by atoms with E-state index in [0.29, 0.717) is 22.8 Å². The molecule has 0 aliphatic heterocycles. The summed E-state index contributed by atoms with van der Waals surface area (Å²) in [6.45, 7) is 4.69. The predicted molar refractivity (Wildman–Crippen MR) is 85.7 cm³/mol. The first-order chi connectivity index (χ1) is 9.04. The quantitative estimate of drug-likeness (QED) is 0.717. The van der Waals surface area contributed by atoms with Gasteiger partial charge < -0.3 is 10.1 Å². The fourth-order valence-corrected chi connectivity index (χ4v) is 2.60. The summed E-state index contributed by atoms with van der Waals surface area (Å²) in [5, 5.41) is 4.37. The lowest BCUT2D eigenvalue weighted by Gasteiger charge is -2.26. The number of rotatable bonds is 7. The van der Waals surface area contributed by atoms with Crippen LogP contribution >= 0.6 is 31.9 Å². The molecular weight excluding hydrogens is 374 g/mol. The predicted octanol–water partition coefficient (Wildman–Crippen LogP) is 3.75. The molecule has 3 nitrogen and oxygen atoms in total. The maximum atomic E-state index is 12.2. The Hall–Kier alpha value is -0.550. The second-order valence-corrected chi connectivity index (χ2v) is 5.78. The van der Waals surface area contributed by atoms with Gasteiger partial charge >= 0.3 is 0 Å². The van der Waals surface area contributed by atoms with Crippen molar-refractivity contribution in [3.63, 3.8) is 0 Å². The maximum Gasteiger partial charge on any atom is 0.251 e. The number of amides is 1. The Morgan fingerprint density at radius 1 is 1.37 bits per heavy atom. The molecule has 0 spiro atoms. The number of carbonyl (C=O) groups is 1. The van der Waals surface area contributed by atoms with Crippen LogP contribution in [0.1, 0.15) is 30.6 Å². The van der Waals surface area contributed by atoms with Crippen molar-refractivity contribution in [2.75, 3.05) is 17.3 Å². The molecule has 19 heavy (non-hydrogen) atoms. The van der Waals surface area contributed by atoms with Gasteiger partial charge in [-0.15, -0.1) is 0 Å². The third kappa shape index (κ3) is 5.15. The molecule has 1 amide bonds. The van der Waals surface area contributed by atoms with Crippen LogP contribution < -0.4 is 10.1 Å². The van der Waals surface area contributed by atoms with E-state index in [2.05, 4.69) is 37.2 Å². The molecule has 0 aromatic heterocycles. The number of hydrogen-bond donors (Lipinski definition) is 1. The van der Waals surface area contributed by atoms with E-state index in [4.69, 9.17) is 4.74 Å². The zero-order chi connectivity index (χ0) is 14.3. The van der Waals surface area contributed by atoms with Crippen molar-refractivity contribution in [3.8, 4) is 5.75 Å². The molecule has 0 heterocycles. The van der Waals surface area contributed by atoms with Crippen LogP contribution in [-0.4, -0.2) is 28.7 Å². The van der Waals surface area contributed by atoms with E-state index in [0.717, 1.165) is 12.2 Å². The van der Waals surface area contributed by atoms with Crippen LogP contribution in [0.25, 0.3) is 0 Å². The second-order valence-electron chi connectivity index (χ2n) is 4.66. The zero-order valence-corrected chi connectivity index (χ0v) is 14.4. The van der Waals surface area contributed by atoms with E-state index in [1.54, 1.807) is 12.1 Å². The lowest BCUT2D eigenvalue weighted by atomic mass is 10.1. The molecule has 0 fully saturated rings. The average Bonchev–Trinajstić information content (AvgIpc) is 2.45. The van der Waals surface area contributed by atoms with Crippen molar-refractivity contribution in [1.82, 2.24) is 5.32 Å². The smallest absolute Gasteiger partial charge is 0.251 e. The third-order valence-corrected chi connectivity index (χ3v) is 5.05. The van der Waals surface area contributed by atoms with Gasteiger partial charge in [0.05, 0.1) is 12.1 Å². The molecule has 0 atom stereocenters. The summed E-state index contributed by atoms with van der Waals surface area (Å²) >= 11 is 6.82. The van der Waals surface area contributed by atoms with Gasteiger partial charge in [0.1, 0.15) is 5.75 Å². The second kappa shape index (κ2) is 7.90. The Balaban J connectivity index is 2.76. The average molecular weight is 393 g/mol. The number of halogens is 2. The number of benzene rings is 1. The van der Waals surface area contributed by atoms with E-state index < -0.39 is 0 Å². The zero-order valence-electron chi connectivity index (χ0n) is 11.2. The summed E-state index contributed by atoms with van der Waals surface area (Å²) in [7, 11) is 0. The monoisotopic (exact) mass is 391 g/mol. The van der Waals surface area contributed by atoms with Gasteiger partial charge in [0.2, 0.25) is 0 Å². The van der Waals surface area contributed by atoms with E-state index in [9.17, 15) is 4.79 Å². The number of ether oxygens (including phenoxy) is 1. The lowest BCUT2D eigenvalue weighted by Crippen LogP contribution is -2.48. The van der Waals surface area contributed by atoms with Gasteiger partial charge in [-0.05, 0) is 31.5 Å². The Bertz CT molecular complexity index is 420. The first kappa shape index (κ1) is 16.5. The summed E-state index contributed by atoms with van der Waals surface area (Å²) in [6.07, 6.45) is 0.946. The highest BCUT2D eigenvalue weighted by Crippen LogP contribution is 2.16. The Kier molecular flexibility index (Phi) is 6.86. The highest BCUT2D eigenvalue weighted by Gasteiger charge is 2.24. The van der Waals surface area contributed by atoms with Crippen LogP contribution in [0.3, 0.4) is 0 Å². The molecular formula is C14H19Br2NO2. The summed E-state index contributed by atoms with van der Waals surface area (Å²) in [5.41, 5.74) is 0.305. The Morgan fingerprint density at radius 3 is 2.63 bits per heavy atom. The van der Waals surface area contributed by atoms with Crippen LogP contribution in [0.5, 0.6) is 5.75 Å². The maximum absolute atomic E-state index is 12.2. The standard InChI is InChI=1S/C14H19Br2NO2/c1-3-7-19-12-6-4-5-11(8-12)13(18)17-14(2,9-15)10-16/h4-6,8H,3,7,9-10H2,1-2H3,(H,17,18). The molecule has 1 N–H and O–H groups in total. The Labute approximate surface area is 131 Å². The minimum atomic E-state index is -0.308. The molecule has 106 valence electrons. The number of carbonyl (C=O) groups excluding carboxylic acids is 1. The van der Waals surface area contributed by atoms with Crippen molar-refractivity contribution in [2.24, 2.45) is 0 Å². The number of nitrogens with one attached hydrogen (secondary N) is 1. The van der Waals surface area contributed by atoms with Gasteiger partial charge in [-0.25, -0.2) is 0 Å². The van der Waals surface area contributed by atoms with Crippen LogP contribution in [-0.2, 0) is 0 Å². The SMILES string of the molecule is CCCOc1cccc(C(=O)NC(C)(CBr)CBr)c1. The minimum absolute atomic E-state index is 0.0941. The molecule has 0 unspecified atom stereocenters. The largest absolute Gasteiger partial charge is 0.494 e. The first-order valence-electron chi connectivity index (χ1n) is 6.22. The summed E-state index contributed by atoms with van der Waals surface area (Å²) < 4.78 is 5.53. The molecule has 0 aliphatic rings. The highest BCUT2D eigenvalue weighted by molar-refractivity contribution is 9.09. The van der Waals surface area contributed by atoms with Gasteiger partial charge in [-0.1, -0.05) is 44.8 Å². The van der Waals surface area contributed by atoms with Gasteiger partial charge in [0.15, 0.2) is 0 Å². The van der Waals surface area contributed by atoms with Crippen LogP contribution in [0.4, 0.5) is 0 Å². The molecule has 0 bridgehead atoms. The molecule has 5 heteroatoms. The number of alkyl halides is 2. The van der Waals surface area contributed by atoms with E-state index in [1.807, 2.05) is 26.0 Å². The molecule has 0 saturated heterocycles. The van der Waals surface area contributed by atoms with Crippen molar-refractivity contribution in [1.29, 1.82) is 0 Å². The van der Waals surface area contributed by atoms with Gasteiger partial charge in [-0.3, -0.25) is 4.79 Å². The summed E-state index contributed by atoms with van der Waals surface area (Å²) in [5.74, 6) is 0.636. The third-order valence-electron chi connectivity index (χ3n) is 2.57. The summed E-state index contributed by atoms with van der Waals surface area (Å²) in [6, 6.07) is 7.25. The van der Waals surface area contributed by atoms with E-state index in [-0.39, 0.29) is 11.4 Å². The molecule has 1 rings (SSSR count). The van der Waals surface area contributed by atoms with Crippen LogP contribution in [0.15, 0.2) is 24.3 Å². The fourth-order valence-electron chi connectivity index (χ4n) is 1.40. The highest BCUT2D eigenvalue weighted by atomic mass is 79.9. The van der Waals surface area contributed by atoms with Crippen molar-refractivity contribution in [3.05, 3.63) is 29.8 Å². The summed E-state index contributed by atoms with van der Waals surface area (Å²) in [4.78, 5) is 12.2. The molecule has 0 radical (unpaired) electrons. The van der Waals surface area contributed by atoms with Gasteiger partial charge in [0, 0.05) is 16.2 Å². The lowest BCUT2D eigenvalue weighted by molar-refractivity contribution is 0.0922. The van der Waals surface area contributed by atoms with E-state index in [1.165, 1.54) is 0 Å². The van der Waals surface area contributed by atoms with Crippen LogP contribution in [0, 0.1) is 0 Å². The van der Waals surface area contributed by atoms with Crippen molar-refractivity contribution < 1.29 is 9.53 Å².